The molecule has 3 atom stereocenters. The fourth-order valence-electron chi connectivity index (χ4n) is 3.90. The molecule has 4 heteroatoms. The molecule has 1 aliphatic carbocycles. The molecule has 0 bridgehead atoms. The number of rotatable bonds is 2. The van der Waals surface area contributed by atoms with Crippen LogP contribution in [0.2, 0.25) is 0 Å². The molecule has 4 nitrogen and oxygen atoms in total. The van der Waals surface area contributed by atoms with Crippen molar-refractivity contribution >= 4 is 0 Å². The van der Waals surface area contributed by atoms with Crippen LogP contribution in [0.1, 0.15) is 55.4 Å². The summed E-state index contributed by atoms with van der Waals surface area (Å²) in [6, 6.07) is 10.7. The Hall–Kier alpha value is -1.68. The first-order valence-electron chi connectivity index (χ1n) is 8.06. The van der Waals surface area contributed by atoms with E-state index in [0.29, 0.717) is 5.92 Å². The van der Waals surface area contributed by atoms with Crippen LogP contribution < -0.4 is 5.32 Å². The van der Waals surface area contributed by atoms with E-state index < -0.39 is 0 Å². The fraction of sp³-hybridized carbons (Fsp3) is 0.529. The highest BCUT2D eigenvalue weighted by Gasteiger charge is 2.33. The number of hydrogen-bond donors (Lipinski definition) is 1. The Morgan fingerprint density at radius 1 is 1.10 bits per heavy atom. The minimum atomic E-state index is 0.179. The van der Waals surface area contributed by atoms with Crippen molar-refractivity contribution in [3.63, 3.8) is 0 Å². The number of aromatic nitrogens is 3. The molecule has 1 aromatic heterocycles. The average molecular weight is 282 g/mol. The molecule has 21 heavy (non-hydrogen) atoms. The van der Waals surface area contributed by atoms with Crippen molar-refractivity contribution < 1.29 is 0 Å². The molecule has 0 spiro atoms. The van der Waals surface area contributed by atoms with Crippen molar-refractivity contribution in [2.45, 2.75) is 44.7 Å². The largest absolute Gasteiger partial charge is 0.312 e. The molecule has 0 saturated heterocycles. The van der Waals surface area contributed by atoms with E-state index in [0.717, 1.165) is 24.8 Å². The van der Waals surface area contributed by atoms with Crippen molar-refractivity contribution in [2.24, 2.45) is 5.92 Å². The lowest BCUT2D eigenvalue weighted by Crippen LogP contribution is -2.35. The second kappa shape index (κ2) is 5.26. The van der Waals surface area contributed by atoms with Crippen molar-refractivity contribution in [3.8, 4) is 0 Å². The van der Waals surface area contributed by atoms with Crippen LogP contribution in [0.4, 0.5) is 0 Å². The minimum Gasteiger partial charge on any atom is -0.312 e. The van der Waals surface area contributed by atoms with Crippen LogP contribution in [0.25, 0.3) is 0 Å². The van der Waals surface area contributed by atoms with Gasteiger partial charge in [-0.15, -0.1) is 10.2 Å². The fourth-order valence-corrected chi connectivity index (χ4v) is 3.90. The SMILES string of the molecule is CC1CCCC1c1nnc2n1CCNC2c1ccccc1. The van der Waals surface area contributed by atoms with Crippen LogP contribution in [0.3, 0.4) is 0 Å². The molecule has 1 N–H and O–H groups in total. The number of nitrogens with one attached hydrogen (secondary N) is 1. The van der Waals surface area contributed by atoms with E-state index in [1.54, 1.807) is 0 Å². The Morgan fingerprint density at radius 3 is 2.67 bits per heavy atom. The maximum atomic E-state index is 4.58. The van der Waals surface area contributed by atoms with Gasteiger partial charge in [-0.3, -0.25) is 0 Å². The first-order valence-corrected chi connectivity index (χ1v) is 8.06. The molecule has 2 heterocycles. The van der Waals surface area contributed by atoms with Gasteiger partial charge in [-0.25, -0.2) is 0 Å². The summed E-state index contributed by atoms with van der Waals surface area (Å²) in [6.45, 7) is 4.33. The molecule has 110 valence electrons. The maximum absolute atomic E-state index is 4.58. The lowest BCUT2D eigenvalue weighted by atomic mass is 9.97. The second-order valence-electron chi connectivity index (χ2n) is 6.38. The number of fused-ring (bicyclic) bond motifs is 1. The molecule has 2 aliphatic rings. The van der Waals surface area contributed by atoms with Crippen molar-refractivity contribution in [1.82, 2.24) is 20.1 Å². The quantitative estimate of drug-likeness (QED) is 0.921. The van der Waals surface area contributed by atoms with Crippen molar-refractivity contribution in [2.75, 3.05) is 6.54 Å². The Morgan fingerprint density at radius 2 is 1.90 bits per heavy atom. The lowest BCUT2D eigenvalue weighted by Gasteiger charge is -2.27. The summed E-state index contributed by atoms with van der Waals surface area (Å²) in [5, 5.41) is 12.7. The zero-order chi connectivity index (χ0) is 14.2. The van der Waals surface area contributed by atoms with Crippen LogP contribution >= 0.6 is 0 Å². The van der Waals surface area contributed by atoms with E-state index in [4.69, 9.17) is 0 Å². The predicted molar refractivity (Wildman–Crippen MR) is 82.1 cm³/mol. The van der Waals surface area contributed by atoms with E-state index in [-0.39, 0.29) is 6.04 Å². The Labute approximate surface area is 125 Å². The third-order valence-electron chi connectivity index (χ3n) is 5.08. The Kier molecular flexibility index (Phi) is 3.26. The average Bonchev–Trinajstić information content (AvgIpc) is 3.13. The van der Waals surface area contributed by atoms with E-state index in [1.165, 1.54) is 30.7 Å². The summed E-state index contributed by atoms with van der Waals surface area (Å²) in [6.07, 6.45) is 3.92. The van der Waals surface area contributed by atoms with Gasteiger partial charge >= 0.3 is 0 Å². The highest BCUT2D eigenvalue weighted by Crippen LogP contribution is 2.39. The monoisotopic (exact) mass is 282 g/mol. The molecule has 1 saturated carbocycles. The van der Waals surface area contributed by atoms with E-state index in [1.807, 2.05) is 0 Å². The maximum Gasteiger partial charge on any atom is 0.154 e. The van der Waals surface area contributed by atoms with Crippen LogP contribution in [-0.4, -0.2) is 21.3 Å². The predicted octanol–water partition coefficient (Wildman–Crippen LogP) is 2.87. The second-order valence-corrected chi connectivity index (χ2v) is 6.38. The molecule has 3 unspecified atom stereocenters. The summed E-state index contributed by atoms with van der Waals surface area (Å²) >= 11 is 0. The summed E-state index contributed by atoms with van der Waals surface area (Å²) in [5.41, 5.74) is 1.27. The van der Waals surface area contributed by atoms with Gasteiger partial charge in [0.15, 0.2) is 5.82 Å². The van der Waals surface area contributed by atoms with Gasteiger partial charge in [0, 0.05) is 19.0 Å². The van der Waals surface area contributed by atoms with Crippen LogP contribution in [0, 0.1) is 5.92 Å². The van der Waals surface area contributed by atoms with Gasteiger partial charge in [0.2, 0.25) is 0 Å². The highest BCUT2D eigenvalue weighted by atomic mass is 15.3. The van der Waals surface area contributed by atoms with Gasteiger partial charge in [-0.05, 0) is 24.3 Å². The van der Waals surface area contributed by atoms with Gasteiger partial charge < -0.3 is 9.88 Å². The molecule has 1 aromatic carbocycles. The molecular weight excluding hydrogens is 260 g/mol. The number of nitrogens with zero attached hydrogens (tertiary/aromatic N) is 3. The molecular formula is C17H22N4. The van der Waals surface area contributed by atoms with Crippen molar-refractivity contribution in [1.29, 1.82) is 0 Å². The highest BCUT2D eigenvalue weighted by molar-refractivity contribution is 5.26. The lowest BCUT2D eigenvalue weighted by molar-refractivity contribution is 0.421. The zero-order valence-electron chi connectivity index (χ0n) is 12.5. The molecule has 1 fully saturated rings. The summed E-state index contributed by atoms with van der Waals surface area (Å²) in [4.78, 5) is 0. The normalized spacial score (nSPS) is 28.5. The van der Waals surface area contributed by atoms with E-state index >= 15 is 0 Å². The molecule has 1 aliphatic heterocycles. The molecule has 4 rings (SSSR count). The summed E-state index contributed by atoms with van der Waals surface area (Å²) in [5.74, 6) is 3.64. The van der Waals surface area contributed by atoms with Crippen molar-refractivity contribution in [3.05, 3.63) is 47.5 Å². The third kappa shape index (κ3) is 2.18. The molecule has 2 aromatic rings. The Bertz CT molecular complexity index is 619. The molecule has 0 radical (unpaired) electrons. The first-order chi connectivity index (χ1) is 10.3. The van der Waals surface area contributed by atoms with Crippen LogP contribution in [0.15, 0.2) is 30.3 Å². The minimum absolute atomic E-state index is 0.179. The zero-order valence-corrected chi connectivity index (χ0v) is 12.5. The topological polar surface area (TPSA) is 42.7 Å². The summed E-state index contributed by atoms with van der Waals surface area (Å²) < 4.78 is 2.38. The van der Waals surface area contributed by atoms with Gasteiger partial charge in [0.1, 0.15) is 5.82 Å². The molecule has 0 amide bonds. The van der Waals surface area contributed by atoms with E-state index in [9.17, 15) is 0 Å². The van der Waals surface area contributed by atoms with Gasteiger partial charge in [-0.2, -0.15) is 0 Å². The van der Waals surface area contributed by atoms with Gasteiger partial charge in [0.25, 0.3) is 0 Å². The van der Waals surface area contributed by atoms with Crippen LogP contribution in [-0.2, 0) is 6.54 Å². The number of hydrogen-bond acceptors (Lipinski definition) is 3. The number of benzene rings is 1. The van der Waals surface area contributed by atoms with Gasteiger partial charge in [0.05, 0.1) is 6.04 Å². The third-order valence-corrected chi connectivity index (χ3v) is 5.08. The van der Waals surface area contributed by atoms with E-state index in [2.05, 4.69) is 57.3 Å². The van der Waals surface area contributed by atoms with Gasteiger partial charge in [-0.1, -0.05) is 43.7 Å². The van der Waals surface area contributed by atoms with Crippen LogP contribution in [0.5, 0.6) is 0 Å². The first kappa shape index (κ1) is 13.0. The standard InChI is InChI=1S/C17H22N4/c1-12-6-5-9-14(12)16-19-20-17-15(18-10-11-21(16)17)13-7-3-2-4-8-13/h2-4,7-8,12,14-15,18H,5-6,9-11H2,1H3. The summed E-state index contributed by atoms with van der Waals surface area (Å²) in [7, 11) is 0. The Balaban J connectivity index is 1.72. The smallest absolute Gasteiger partial charge is 0.154 e.